The van der Waals surface area contributed by atoms with Gasteiger partial charge in [0.15, 0.2) is 11.5 Å². The number of para-hydroxylation sites is 1. The van der Waals surface area contributed by atoms with Gasteiger partial charge in [0, 0.05) is 16.7 Å². The van der Waals surface area contributed by atoms with Crippen LogP contribution >= 0.6 is 11.3 Å². The van der Waals surface area contributed by atoms with Crippen molar-refractivity contribution in [3.8, 4) is 0 Å². The molecule has 0 atom stereocenters. The molecule has 0 aliphatic rings. The lowest BCUT2D eigenvalue weighted by molar-refractivity contribution is 0.0958. The highest BCUT2D eigenvalue weighted by Crippen LogP contribution is 2.21. The summed E-state index contributed by atoms with van der Waals surface area (Å²) in [5, 5.41) is 3.01. The predicted molar refractivity (Wildman–Crippen MR) is 73.2 cm³/mol. The van der Waals surface area contributed by atoms with Crippen LogP contribution in [0.1, 0.15) is 21.9 Å². The quantitative estimate of drug-likeness (QED) is 0.651. The van der Waals surface area contributed by atoms with Crippen molar-refractivity contribution in [1.82, 2.24) is 0 Å². The summed E-state index contributed by atoms with van der Waals surface area (Å²) in [6.45, 7) is 0. The molecule has 2 nitrogen and oxygen atoms in total. The second kappa shape index (κ2) is 4.78. The van der Waals surface area contributed by atoms with Gasteiger partial charge in [-0.15, -0.1) is 11.3 Å². The first-order valence-corrected chi connectivity index (χ1v) is 6.75. The average Bonchev–Trinajstić information content (AvgIpc) is 3.04. The molecule has 0 saturated heterocycles. The third-order valence-electron chi connectivity index (χ3n) is 2.88. The van der Waals surface area contributed by atoms with Crippen molar-refractivity contribution >= 4 is 28.1 Å². The molecular weight excluding hydrogens is 244 g/mol. The standard InChI is InChI=1S/C15H12O2S/c16-13(8-7-12-5-3-9-18-12)15-10-11-4-1-2-6-14(11)17-15/h1-6,9-10H,7-8H2. The van der Waals surface area contributed by atoms with Crippen molar-refractivity contribution < 1.29 is 9.21 Å². The number of hydrogen-bond acceptors (Lipinski definition) is 3. The lowest BCUT2D eigenvalue weighted by Crippen LogP contribution is -1.98. The van der Waals surface area contributed by atoms with E-state index in [-0.39, 0.29) is 5.78 Å². The molecule has 0 unspecified atom stereocenters. The number of hydrogen-bond donors (Lipinski definition) is 0. The van der Waals surface area contributed by atoms with Crippen LogP contribution in [0.4, 0.5) is 0 Å². The van der Waals surface area contributed by atoms with Crippen molar-refractivity contribution in [1.29, 1.82) is 0 Å². The Kier molecular flexibility index (Phi) is 2.99. The van der Waals surface area contributed by atoms with Gasteiger partial charge in [0.1, 0.15) is 5.58 Å². The number of fused-ring (bicyclic) bond motifs is 1. The van der Waals surface area contributed by atoms with Crippen LogP contribution in [-0.2, 0) is 6.42 Å². The van der Waals surface area contributed by atoms with Crippen molar-refractivity contribution in [3.05, 3.63) is 58.5 Å². The van der Waals surface area contributed by atoms with Crippen LogP contribution in [0, 0.1) is 0 Å². The molecule has 1 aromatic carbocycles. The molecule has 0 aliphatic carbocycles. The molecule has 0 aliphatic heterocycles. The fourth-order valence-corrected chi connectivity index (χ4v) is 2.64. The van der Waals surface area contributed by atoms with Crippen molar-refractivity contribution in [3.63, 3.8) is 0 Å². The maximum absolute atomic E-state index is 12.0. The van der Waals surface area contributed by atoms with E-state index in [1.165, 1.54) is 4.88 Å². The first kappa shape index (κ1) is 11.2. The second-order valence-electron chi connectivity index (χ2n) is 4.15. The zero-order valence-electron chi connectivity index (χ0n) is 9.76. The molecule has 0 radical (unpaired) electrons. The van der Waals surface area contributed by atoms with Gasteiger partial charge in [-0.25, -0.2) is 0 Å². The number of carbonyl (C=O) groups excluding carboxylic acids is 1. The van der Waals surface area contributed by atoms with Crippen LogP contribution in [0.15, 0.2) is 52.3 Å². The summed E-state index contributed by atoms with van der Waals surface area (Å²) in [4.78, 5) is 13.3. The van der Waals surface area contributed by atoms with Gasteiger partial charge in [0.2, 0.25) is 0 Å². The smallest absolute Gasteiger partial charge is 0.198 e. The van der Waals surface area contributed by atoms with Gasteiger partial charge in [-0.3, -0.25) is 4.79 Å². The van der Waals surface area contributed by atoms with Crippen LogP contribution in [-0.4, -0.2) is 5.78 Å². The van der Waals surface area contributed by atoms with Crippen LogP contribution in [0.5, 0.6) is 0 Å². The minimum absolute atomic E-state index is 0.0691. The monoisotopic (exact) mass is 256 g/mol. The minimum Gasteiger partial charge on any atom is -0.453 e. The molecule has 18 heavy (non-hydrogen) atoms. The summed E-state index contributed by atoms with van der Waals surface area (Å²) in [5.74, 6) is 0.535. The van der Waals surface area contributed by atoms with E-state index < -0.39 is 0 Å². The van der Waals surface area contributed by atoms with E-state index in [1.54, 1.807) is 11.3 Å². The Hall–Kier alpha value is -1.87. The first-order chi connectivity index (χ1) is 8.83. The lowest BCUT2D eigenvalue weighted by Gasteiger charge is -1.95. The Bertz CT molecular complexity index is 632. The molecule has 0 saturated carbocycles. The summed E-state index contributed by atoms with van der Waals surface area (Å²) >= 11 is 1.68. The number of thiophene rings is 1. The summed E-state index contributed by atoms with van der Waals surface area (Å²) in [7, 11) is 0. The normalized spacial score (nSPS) is 10.9. The van der Waals surface area contributed by atoms with E-state index in [4.69, 9.17) is 4.42 Å². The summed E-state index contributed by atoms with van der Waals surface area (Å²) in [5.41, 5.74) is 0.775. The van der Waals surface area contributed by atoms with E-state index in [2.05, 4.69) is 6.07 Å². The second-order valence-corrected chi connectivity index (χ2v) is 5.18. The zero-order valence-corrected chi connectivity index (χ0v) is 10.6. The van der Waals surface area contributed by atoms with E-state index in [0.717, 1.165) is 17.4 Å². The Morgan fingerprint density at radius 2 is 2.06 bits per heavy atom. The van der Waals surface area contributed by atoms with Gasteiger partial charge in [-0.05, 0) is 30.0 Å². The Labute approximate surface area is 109 Å². The molecule has 0 spiro atoms. The fourth-order valence-electron chi connectivity index (χ4n) is 1.93. The van der Waals surface area contributed by atoms with Gasteiger partial charge in [0.25, 0.3) is 0 Å². The highest BCUT2D eigenvalue weighted by molar-refractivity contribution is 7.09. The highest BCUT2D eigenvalue weighted by atomic mass is 32.1. The average molecular weight is 256 g/mol. The van der Waals surface area contributed by atoms with Gasteiger partial charge < -0.3 is 4.42 Å². The Morgan fingerprint density at radius 1 is 1.17 bits per heavy atom. The number of Topliss-reactive ketones (excluding diaryl/α,β-unsaturated/α-hetero) is 1. The highest BCUT2D eigenvalue weighted by Gasteiger charge is 2.12. The summed E-state index contributed by atoms with van der Waals surface area (Å²) in [6, 6.07) is 13.6. The third kappa shape index (κ3) is 2.22. The van der Waals surface area contributed by atoms with E-state index in [1.807, 2.05) is 41.8 Å². The fraction of sp³-hybridized carbons (Fsp3) is 0.133. The molecule has 0 N–H and O–H groups in total. The topological polar surface area (TPSA) is 30.2 Å². The third-order valence-corrected chi connectivity index (χ3v) is 3.82. The number of carbonyl (C=O) groups is 1. The molecule has 3 rings (SSSR count). The van der Waals surface area contributed by atoms with Crippen molar-refractivity contribution in [2.45, 2.75) is 12.8 Å². The van der Waals surface area contributed by atoms with Gasteiger partial charge >= 0.3 is 0 Å². The Morgan fingerprint density at radius 3 is 2.83 bits per heavy atom. The minimum atomic E-state index is 0.0691. The molecule has 0 fully saturated rings. The molecule has 90 valence electrons. The number of rotatable bonds is 4. The molecular formula is C15H12O2S. The van der Waals surface area contributed by atoms with Crippen molar-refractivity contribution in [2.75, 3.05) is 0 Å². The molecule has 3 aromatic rings. The number of benzene rings is 1. The molecule has 0 amide bonds. The molecule has 2 heterocycles. The lowest BCUT2D eigenvalue weighted by atomic mass is 10.1. The summed E-state index contributed by atoms with van der Waals surface area (Å²) < 4.78 is 5.55. The van der Waals surface area contributed by atoms with E-state index >= 15 is 0 Å². The van der Waals surface area contributed by atoms with Crippen LogP contribution in [0.25, 0.3) is 11.0 Å². The number of aryl methyl sites for hydroxylation is 1. The van der Waals surface area contributed by atoms with Crippen LogP contribution < -0.4 is 0 Å². The first-order valence-electron chi connectivity index (χ1n) is 5.87. The van der Waals surface area contributed by atoms with Crippen LogP contribution in [0.2, 0.25) is 0 Å². The van der Waals surface area contributed by atoms with E-state index in [0.29, 0.717) is 12.2 Å². The SMILES string of the molecule is O=C(CCc1cccs1)c1cc2ccccc2o1. The molecule has 0 bridgehead atoms. The summed E-state index contributed by atoms with van der Waals surface area (Å²) in [6.07, 6.45) is 1.29. The zero-order chi connectivity index (χ0) is 12.4. The van der Waals surface area contributed by atoms with Gasteiger partial charge in [0.05, 0.1) is 0 Å². The predicted octanol–water partition coefficient (Wildman–Crippen LogP) is 4.31. The van der Waals surface area contributed by atoms with Crippen molar-refractivity contribution in [2.24, 2.45) is 0 Å². The maximum atomic E-state index is 12.0. The largest absolute Gasteiger partial charge is 0.453 e. The van der Waals surface area contributed by atoms with Gasteiger partial charge in [-0.1, -0.05) is 24.3 Å². The number of furan rings is 1. The maximum Gasteiger partial charge on any atom is 0.198 e. The van der Waals surface area contributed by atoms with Gasteiger partial charge in [-0.2, -0.15) is 0 Å². The molecule has 3 heteroatoms. The molecule has 2 aromatic heterocycles. The van der Waals surface area contributed by atoms with E-state index in [9.17, 15) is 4.79 Å². The Balaban J connectivity index is 1.75. The number of ketones is 1. The van der Waals surface area contributed by atoms with Crippen LogP contribution in [0.3, 0.4) is 0 Å².